The third-order valence-corrected chi connectivity index (χ3v) is 5.82. The van der Waals surface area contributed by atoms with Crippen LogP contribution in [0.4, 0.5) is 0 Å². The summed E-state index contributed by atoms with van der Waals surface area (Å²) in [6.07, 6.45) is 3.23. The monoisotopic (exact) mass is 402 g/mol. The fourth-order valence-electron chi connectivity index (χ4n) is 3.61. The second kappa shape index (κ2) is 9.90. The first-order valence-corrected chi connectivity index (χ1v) is 10.4. The normalized spacial score (nSPS) is 21.9. The molecule has 1 fully saturated rings. The molecule has 0 spiro atoms. The van der Waals surface area contributed by atoms with E-state index in [1.165, 1.54) is 6.42 Å². The van der Waals surface area contributed by atoms with E-state index in [0.717, 1.165) is 18.4 Å². The predicted octanol–water partition coefficient (Wildman–Crippen LogP) is 3.20. The van der Waals surface area contributed by atoms with Crippen LogP contribution in [0.25, 0.3) is 0 Å². The van der Waals surface area contributed by atoms with Crippen LogP contribution in [0.15, 0.2) is 24.3 Å². The molecule has 3 atom stereocenters. The molecule has 0 saturated heterocycles. The summed E-state index contributed by atoms with van der Waals surface area (Å²) >= 11 is 0. The molecule has 1 aliphatic rings. The van der Waals surface area contributed by atoms with E-state index >= 15 is 0 Å². The van der Waals surface area contributed by atoms with Crippen molar-refractivity contribution in [3.63, 3.8) is 0 Å². The Hall–Kier alpha value is -2.37. The number of nitrogens with one attached hydrogen (secondary N) is 2. The van der Waals surface area contributed by atoms with E-state index in [2.05, 4.69) is 45.3 Å². The van der Waals surface area contributed by atoms with Gasteiger partial charge in [-0.05, 0) is 41.4 Å². The average Bonchev–Trinajstić information content (AvgIpc) is 2.67. The number of esters is 1. The van der Waals surface area contributed by atoms with E-state index < -0.39 is 5.97 Å². The van der Waals surface area contributed by atoms with E-state index in [1.807, 2.05) is 12.1 Å². The van der Waals surface area contributed by atoms with Gasteiger partial charge in [-0.3, -0.25) is 14.4 Å². The van der Waals surface area contributed by atoms with Gasteiger partial charge in [-0.15, -0.1) is 0 Å². The lowest BCUT2D eigenvalue weighted by molar-refractivity contribution is -0.147. The molecule has 1 saturated carbocycles. The minimum Gasteiger partial charge on any atom is -0.454 e. The van der Waals surface area contributed by atoms with Crippen molar-refractivity contribution in [2.45, 2.75) is 65.3 Å². The summed E-state index contributed by atoms with van der Waals surface area (Å²) in [5, 5.41) is 5.49. The van der Waals surface area contributed by atoms with Crippen LogP contribution in [-0.4, -0.2) is 37.0 Å². The lowest BCUT2D eigenvalue weighted by atomic mass is 9.78. The molecule has 0 unspecified atom stereocenters. The van der Waals surface area contributed by atoms with Crippen molar-refractivity contribution in [2.24, 2.45) is 11.8 Å². The fourth-order valence-corrected chi connectivity index (χ4v) is 3.61. The van der Waals surface area contributed by atoms with Crippen LogP contribution in [0.2, 0.25) is 0 Å². The van der Waals surface area contributed by atoms with Gasteiger partial charge in [0.1, 0.15) is 6.54 Å². The van der Waals surface area contributed by atoms with Gasteiger partial charge in [-0.25, -0.2) is 0 Å². The lowest BCUT2D eigenvalue weighted by Crippen LogP contribution is -2.45. The molecule has 0 radical (unpaired) electrons. The average molecular weight is 403 g/mol. The topological polar surface area (TPSA) is 84.5 Å². The summed E-state index contributed by atoms with van der Waals surface area (Å²) < 4.78 is 4.99. The van der Waals surface area contributed by atoms with E-state index in [0.29, 0.717) is 17.4 Å². The molecule has 160 valence electrons. The van der Waals surface area contributed by atoms with Crippen LogP contribution in [-0.2, 0) is 19.7 Å². The molecule has 1 aromatic carbocycles. The molecule has 6 nitrogen and oxygen atoms in total. The number of hydrogen-bond acceptors (Lipinski definition) is 4. The number of benzene rings is 1. The molecule has 0 aromatic heterocycles. The third kappa shape index (κ3) is 6.87. The van der Waals surface area contributed by atoms with Crippen LogP contribution in [0.3, 0.4) is 0 Å². The molecular weight excluding hydrogens is 368 g/mol. The van der Waals surface area contributed by atoms with Crippen molar-refractivity contribution >= 4 is 17.8 Å². The predicted molar refractivity (Wildman–Crippen MR) is 113 cm³/mol. The van der Waals surface area contributed by atoms with Gasteiger partial charge in [0.25, 0.3) is 11.8 Å². The number of ether oxygens (including phenoxy) is 1. The molecule has 0 heterocycles. The summed E-state index contributed by atoms with van der Waals surface area (Å²) in [6.45, 7) is 10.0. The number of rotatable bonds is 6. The Kier molecular flexibility index (Phi) is 7.82. The largest absolute Gasteiger partial charge is 0.454 e. The second-order valence-corrected chi connectivity index (χ2v) is 9.11. The zero-order chi connectivity index (χ0) is 21.6. The molecule has 2 rings (SSSR count). The van der Waals surface area contributed by atoms with Crippen LogP contribution < -0.4 is 10.6 Å². The van der Waals surface area contributed by atoms with E-state index in [9.17, 15) is 14.4 Å². The van der Waals surface area contributed by atoms with Crippen LogP contribution in [0.5, 0.6) is 0 Å². The maximum atomic E-state index is 12.2. The second-order valence-electron chi connectivity index (χ2n) is 9.11. The van der Waals surface area contributed by atoms with Gasteiger partial charge >= 0.3 is 5.97 Å². The Morgan fingerprint density at radius 2 is 1.72 bits per heavy atom. The molecule has 29 heavy (non-hydrogen) atoms. The van der Waals surface area contributed by atoms with Crippen molar-refractivity contribution in [2.75, 3.05) is 13.2 Å². The summed E-state index contributed by atoms with van der Waals surface area (Å²) in [5.41, 5.74) is 1.61. The van der Waals surface area contributed by atoms with Crippen molar-refractivity contribution in [1.29, 1.82) is 0 Å². The highest BCUT2D eigenvalue weighted by molar-refractivity contribution is 5.96. The molecule has 1 aromatic rings. The summed E-state index contributed by atoms with van der Waals surface area (Å²) in [5.74, 6) is -0.299. The first-order chi connectivity index (χ1) is 13.6. The highest BCUT2D eigenvalue weighted by atomic mass is 16.5. The Morgan fingerprint density at radius 3 is 2.34 bits per heavy atom. The highest BCUT2D eigenvalue weighted by Crippen LogP contribution is 2.29. The van der Waals surface area contributed by atoms with Gasteiger partial charge in [0.2, 0.25) is 0 Å². The molecule has 0 aliphatic heterocycles. The quantitative estimate of drug-likeness (QED) is 0.716. The minimum absolute atomic E-state index is 0.00679. The lowest BCUT2D eigenvalue weighted by Gasteiger charge is -2.34. The first-order valence-electron chi connectivity index (χ1n) is 10.4. The standard InChI is InChI=1S/C23H34N2O4/c1-15-7-6-8-19(16(15)2)25-20(26)14-29-21(27)13-24-22(28)17-9-11-18(12-10-17)23(3,4)5/h9-12,15-16,19H,6-8,13-14H2,1-5H3,(H,24,28)(H,25,26)/t15-,16+,19-/m0/s1. The first kappa shape index (κ1) is 22.9. The Morgan fingerprint density at radius 1 is 1.07 bits per heavy atom. The molecular formula is C23H34N2O4. The van der Waals surface area contributed by atoms with Gasteiger partial charge in [0.15, 0.2) is 6.61 Å². The number of hydrogen-bond donors (Lipinski definition) is 2. The molecule has 0 bridgehead atoms. The summed E-state index contributed by atoms with van der Waals surface area (Å²) in [6, 6.07) is 7.41. The van der Waals surface area contributed by atoms with Crippen molar-refractivity contribution in [1.82, 2.24) is 10.6 Å². The van der Waals surface area contributed by atoms with Crippen molar-refractivity contribution in [3.05, 3.63) is 35.4 Å². The van der Waals surface area contributed by atoms with Crippen molar-refractivity contribution < 1.29 is 19.1 Å². The zero-order valence-corrected chi connectivity index (χ0v) is 18.2. The third-order valence-electron chi connectivity index (χ3n) is 5.82. The van der Waals surface area contributed by atoms with Crippen LogP contribution >= 0.6 is 0 Å². The number of carbonyl (C=O) groups excluding carboxylic acids is 3. The molecule has 6 heteroatoms. The van der Waals surface area contributed by atoms with E-state index in [4.69, 9.17) is 4.74 Å². The number of carbonyl (C=O) groups is 3. The molecule has 2 amide bonds. The van der Waals surface area contributed by atoms with Crippen molar-refractivity contribution in [3.8, 4) is 0 Å². The van der Waals surface area contributed by atoms with Gasteiger partial charge < -0.3 is 15.4 Å². The Labute approximate surface area is 173 Å². The van der Waals surface area contributed by atoms with Gasteiger partial charge in [0, 0.05) is 11.6 Å². The summed E-state index contributed by atoms with van der Waals surface area (Å²) in [4.78, 5) is 36.1. The summed E-state index contributed by atoms with van der Waals surface area (Å²) in [7, 11) is 0. The van der Waals surface area contributed by atoms with E-state index in [-0.39, 0.29) is 36.4 Å². The maximum absolute atomic E-state index is 12.2. The molecule has 2 N–H and O–H groups in total. The highest BCUT2D eigenvalue weighted by Gasteiger charge is 2.28. The van der Waals surface area contributed by atoms with E-state index in [1.54, 1.807) is 12.1 Å². The van der Waals surface area contributed by atoms with Gasteiger partial charge in [-0.2, -0.15) is 0 Å². The zero-order valence-electron chi connectivity index (χ0n) is 18.2. The minimum atomic E-state index is -0.634. The SMILES string of the molecule is C[C@H]1[C@@H](NC(=O)COC(=O)CNC(=O)c2ccc(C(C)(C)C)cc2)CCC[C@@H]1C. The molecule has 1 aliphatic carbocycles. The van der Waals surface area contributed by atoms with Crippen LogP contribution in [0.1, 0.15) is 69.8 Å². The smallest absolute Gasteiger partial charge is 0.325 e. The maximum Gasteiger partial charge on any atom is 0.325 e. The van der Waals surface area contributed by atoms with Gasteiger partial charge in [0.05, 0.1) is 0 Å². The Balaban J connectivity index is 1.72. The van der Waals surface area contributed by atoms with Gasteiger partial charge in [-0.1, -0.05) is 59.6 Å². The Bertz CT molecular complexity index is 721. The van der Waals surface area contributed by atoms with Crippen LogP contribution in [0, 0.1) is 11.8 Å². The number of amides is 2. The fraction of sp³-hybridized carbons (Fsp3) is 0.609.